The first kappa shape index (κ1) is 10.1. The predicted octanol–water partition coefficient (Wildman–Crippen LogP) is 4.01. The normalized spacial score (nSPS) is 11.2. The second-order valence-corrected chi connectivity index (χ2v) is 3.72. The lowest BCUT2D eigenvalue weighted by atomic mass is 10.0. The van der Waals surface area contributed by atoms with Crippen LogP contribution in [0.15, 0.2) is 30.3 Å². The Morgan fingerprint density at radius 2 is 1.71 bits per heavy atom. The average molecular weight is 230 g/mol. The van der Waals surface area contributed by atoms with Crippen molar-refractivity contribution in [1.82, 2.24) is 0 Å². The molecule has 0 saturated carbocycles. The Morgan fingerprint density at radius 1 is 0.882 bits per heavy atom. The molecule has 0 atom stereocenters. The lowest BCUT2D eigenvalue weighted by molar-refractivity contribution is 0.616. The van der Waals surface area contributed by atoms with Crippen molar-refractivity contribution in [1.29, 1.82) is 0 Å². The van der Waals surface area contributed by atoms with Crippen molar-refractivity contribution < 1.29 is 13.2 Å². The number of halogens is 3. The van der Waals surface area contributed by atoms with Gasteiger partial charge in [0.1, 0.15) is 17.5 Å². The van der Waals surface area contributed by atoms with E-state index in [9.17, 15) is 13.2 Å². The van der Waals surface area contributed by atoms with Gasteiger partial charge in [0.2, 0.25) is 0 Å². The third-order valence-corrected chi connectivity index (χ3v) is 2.72. The van der Waals surface area contributed by atoms with Gasteiger partial charge in [-0.25, -0.2) is 13.2 Å². The van der Waals surface area contributed by atoms with Crippen molar-refractivity contribution in [3.05, 3.63) is 59.9 Å². The lowest BCUT2D eigenvalue weighted by Gasteiger charge is -2.05. The third kappa shape index (κ3) is 1.46. The highest BCUT2D eigenvalue weighted by molar-refractivity contribution is 6.07. The minimum atomic E-state index is -0.642. The van der Waals surface area contributed by atoms with E-state index in [1.807, 2.05) is 0 Å². The summed E-state index contributed by atoms with van der Waals surface area (Å²) in [4.78, 5) is 0. The molecule has 0 amide bonds. The zero-order chi connectivity index (χ0) is 12.0. The fourth-order valence-corrected chi connectivity index (χ4v) is 1.95. The molecule has 0 aliphatic rings. The maximum absolute atomic E-state index is 13.7. The van der Waals surface area contributed by atoms with Crippen LogP contribution in [0.5, 0.6) is 0 Å². The predicted molar refractivity (Wildman–Crippen MR) is 59.0 cm³/mol. The Hall–Kier alpha value is -2.03. The summed E-state index contributed by atoms with van der Waals surface area (Å²) in [7, 11) is 0. The van der Waals surface area contributed by atoms with Gasteiger partial charge in [-0.05, 0) is 29.0 Å². The van der Waals surface area contributed by atoms with E-state index in [0.717, 1.165) is 12.1 Å². The second kappa shape index (κ2) is 3.48. The maximum atomic E-state index is 13.7. The zero-order valence-corrected chi connectivity index (χ0v) is 8.52. The molecule has 3 aromatic carbocycles. The Morgan fingerprint density at radius 3 is 2.53 bits per heavy atom. The van der Waals surface area contributed by atoms with Crippen molar-refractivity contribution in [3.63, 3.8) is 0 Å². The molecule has 3 heteroatoms. The number of rotatable bonds is 0. The molecule has 0 aromatic heterocycles. The number of hydrogen-bond acceptors (Lipinski definition) is 0. The minimum Gasteiger partial charge on any atom is -0.206 e. The van der Waals surface area contributed by atoms with Crippen LogP contribution in [0.25, 0.3) is 21.5 Å². The molecule has 0 aliphatic carbocycles. The summed E-state index contributed by atoms with van der Waals surface area (Å²) in [5, 5.41) is 1.13. The molecule has 0 spiro atoms. The average Bonchev–Trinajstić information content (AvgIpc) is 2.33. The Bertz CT molecular complexity index is 732. The van der Waals surface area contributed by atoms with Crippen LogP contribution < -0.4 is 0 Å². The Balaban J connectivity index is 2.62. The number of benzene rings is 3. The van der Waals surface area contributed by atoms with E-state index in [0.29, 0.717) is 10.8 Å². The fraction of sp³-hybridized carbons (Fsp3) is 0. The van der Waals surface area contributed by atoms with E-state index in [2.05, 4.69) is 12.1 Å². The number of hydrogen-bond donors (Lipinski definition) is 0. The molecule has 0 nitrogen and oxygen atoms in total. The van der Waals surface area contributed by atoms with Crippen molar-refractivity contribution in [2.75, 3.05) is 0 Å². The summed E-state index contributed by atoms with van der Waals surface area (Å²) in [6.07, 6.45) is 0. The summed E-state index contributed by atoms with van der Waals surface area (Å²) in [5.41, 5.74) is 0. The van der Waals surface area contributed by atoms with Gasteiger partial charge in [0, 0.05) is 22.9 Å². The van der Waals surface area contributed by atoms with Gasteiger partial charge >= 0.3 is 0 Å². The van der Waals surface area contributed by atoms with Gasteiger partial charge in [0.15, 0.2) is 0 Å². The second-order valence-electron chi connectivity index (χ2n) is 3.72. The van der Waals surface area contributed by atoms with Crippen molar-refractivity contribution in [2.45, 2.75) is 0 Å². The van der Waals surface area contributed by atoms with Gasteiger partial charge in [-0.3, -0.25) is 0 Å². The largest absolute Gasteiger partial charge is 0.206 e. The van der Waals surface area contributed by atoms with Crippen molar-refractivity contribution in [3.8, 4) is 0 Å². The van der Waals surface area contributed by atoms with Crippen LogP contribution in [0, 0.1) is 29.6 Å². The Kier molecular flexibility index (Phi) is 2.08. The van der Waals surface area contributed by atoms with Crippen LogP contribution in [0.3, 0.4) is 0 Å². The molecular weight excluding hydrogens is 225 g/mol. The van der Waals surface area contributed by atoms with E-state index in [-0.39, 0.29) is 10.8 Å². The van der Waals surface area contributed by atoms with Gasteiger partial charge < -0.3 is 0 Å². The summed E-state index contributed by atoms with van der Waals surface area (Å²) < 4.78 is 40.3. The zero-order valence-electron chi connectivity index (χ0n) is 8.52. The molecule has 82 valence electrons. The van der Waals surface area contributed by atoms with Crippen molar-refractivity contribution >= 4 is 21.5 Å². The third-order valence-electron chi connectivity index (χ3n) is 2.72. The first-order valence-corrected chi connectivity index (χ1v) is 4.96. The van der Waals surface area contributed by atoms with E-state index in [1.165, 1.54) is 12.1 Å². The highest BCUT2D eigenvalue weighted by atomic mass is 19.1. The molecule has 0 bridgehead atoms. The molecular formula is C14H5F3. The van der Waals surface area contributed by atoms with Gasteiger partial charge in [0.25, 0.3) is 0 Å². The molecule has 0 N–H and O–H groups in total. The monoisotopic (exact) mass is 230 g/mol. The first-order valence-electron chi connectivity index (χ1n) is 4.96. The highest BCUT2D eigenvalue weighted by Gasteiger charge is 2.10. The van der Waals surface area contributed by atoms with Crippen LogP contribution in [0.4, 0.5) is 13.2 Å². The minimum absolute atomic E-state index is 0.0756. The molecule has 0 saturated heterocycles. The fourth-order valence-electron chi connectivity index (χ4n) is 1.95. The topological polar surface area (TPSA) is 0 Å². The van der Waals surface area contributed by atoms with Gasteiger partial charge in [0.05, 0.1) is 0 Å². The molecule has 17 heavy (non-hydrogen) atoms. The molecule has 0 aliphatic heterocycles. The molecule has 3 rings (SSSR count). The van der Waals surface area contributed by atoms with E-state index in [4.69, 9.17) is 0 Å². The van der Waals surface area contributed by atoms with E-state index >= 15 is 0 Å². The van der Waals surface area contributed by atoms with Gasteiger partial charge in [-0.15, -0.1) is 0 Å². The van der Waals surface area contributed by atoms with Crippen LogP contribution in [-0.2, 0) is 0 Å². The summed E-state index contributed by atoms with van der Waals surface area (Å²) in [6, 6.07) is 11.1. The van der Waals surface area contributed by atoms with E-state index in [1.54, 1.807) is 6.07 Å². The number of fused-ring (bicyclic) bond motifs is 3. The van der Waals surface area contributed by atoms with Crippen LogP contribution in [-0.4, -0.2) is 0 Å². The lowest BCUT2D eigenvalue weighted by Crippen LogP contribution is -1.87. The first-order chi connectivity index (χ1) is 8.16. The van der Waals surface area contributed by atoms with Crippen molar-refractivity contribution in [2.24, 2.45) is 0 Å². The quantitative estimate of drug-likeness (QED) is 0.512. The summed E-state index contributed by atoms with van der Waals surface area (Å²) in [5.74, 6) is -1.85. The molecule has 0 unspecified atom stereocenters. The SMILES string of the molecule is Fc1[c]cc2ccc3c(F)[c]cc(F)c3c2c1. The molecule has 3 aromatic rings. The molecule has 2 radical (unpaired) electrons. The smallest absolute Gasteiger partial charge is 0.139 e. The van der Waals surface area contributed by atoms with Gasteiger partial charge in [-0.1, -0.05) is 12.1 Å². The highest BCUT2D eigenvalue weighted by Crippen LogP contribution is 2.29. The summed E-state index contributed by atoms with van der Waals surface area (Å²) >= 11 is 0. The van der Waals surface area contributed by atoms with Crippen LogP contribution >= 0.6 is 0 Å². The summed E-state index contributed by atoms with van der Waals surface area (Å²) in [6.45, 7) is 0. The van der Waals surface area contributed by atoms with Crippen LogP contribution in [0.1, 0.15) is 0 Å². The van der Waals surface area contributed by atoms with Crippen LogP contribution in [0.2, 0.25) is 0 Å². The van der Waals surface area contributed by atoms with Gasteiger partial charge in [-0.2, -0.15) is 0 Å². The molecule has 0 fully saturated rings. The van der Waals surface area contributed by atoms with E-state index < -0.39 is 17.5 Å². The standard InChI is InChI=1S/C14H5F3/c15-9-3-1-8-2-4-10-12(16)5-6-13(17)14(10)11(8)7-9/h1-2,4,6-7H. The Labute approximate surface area is 95.3 Å². The maximum Gasteiger partial charge on any atom is 0.139 e. The molecule has 0 heterocycles.